The van der Waals surface area contributed by atoms with Crippen molar-refractivity contribution in [1.29, 1.82) is 5.26 Å². The smallest absolute Gasteiger partial charge is 0.149 e. The fraction of sp³-hybridized carbons (Fsp3) is 0.455. The molecular formula is C11H16N4O. The van der Waals surface area contributed by atoms with Gasteiger partial charge in [0.2, 0.25) is 0 Å². The Morgan fingerprint density at radius 1 is 1.62 bits per heavy atom. The third-order valence-electron chi connectivity index (χ3n) is 2.28. The molecule has 16 heavy (non-hydrogen) atoms. The van der Waals surface area contributed by atoms with E-state index in [2.05, 4.69) is 10.3 Å². The van der Waals surface area contributed by atoms with Crippen LogP contribution in [-0.2, 0) is 4.74 Å². The molecule has 0 radical (unpaired) electrons. The highest BCUT2D eigenvalue weighted by Crippen LogP contribution is 2.17. The number of aromatic nitrogens is 1. The molecule has 0 saturated carbocycles. The third-order valence-corrected chi connectivity index (χ3v) is 2.28. The van der Waals surface area contributed by atoms with Gasteiger partial charge in [-0.2, -0.15) is 5.26 Å². The van der Waals surface area contributed by atoms with Gasteiger partial charge in [0.1, 0.15) is 11.9 Å². The molecule has 0 saturated heterocycles. The fourth-order valence-electron chi connectivity index (χ4n) is 1.06. The number of hydrogen-bond donors (Lipinski definition) is 2. The molecule has 0 aliphatic rings. The van der Waals surface area contributed by atoms with Crippen molar-refractivity contribution in [3.05, 3.63) is 17.8 Å². The molecule has 0 bridgehead atoms. The van der Waals surface area contributed by atoms with Crippen LogP contribution in [0.15, 0.2) is 12.3 Å². The second-order valence-electron chi connectivity index (χ2n) is 4.09. The zero-order valence-corrected chi connectivity index (χ0v) is 9.74. The van der Waals surface area contributed by atoms with Crippen LogP contribution in [0.25, 0.3) is 0 Å². The molecule has 0 unspecified atom stereocenters. The Bertz CT molecular complexity index is 409. The van der Waals surface area contributed by atoms with Crippen LogP contribution in [0.3, 0.4) is 0 Å². The van der Waals surface area contributed by atoms with Crippen LogP contribution in [0.4, 0.5) is 11.5 Å². The van der Waals surface area contributed by atoms with E-state index in [1.54, 1.807) is 13.2 Å². The lowest BCUT2D eigenvalue weighted by molar-refractivity contribution is 0.0343. The number of ether oxygens (including phenoxy) is 1. The van der Waals surface area contributed by atoms with Crippen LogP contribution in [0, 0.1) is 11.3 Å². The van der Waals surface area contributed by atoms with Gasteiger partial charge >= 0.3 is 0 Å². The summed E-state index contributed by atoms with van der Waals surface area (Å²) < 4.78 is 5.26. The van der Waals surface area contributed by atoms with Crippen molar-refractivity contribution in [2.45, 2.75) is 19.4 Å². The van der Waals surface area contributed by atoms with E-state index in [1.807, 2.05) is 19.9 Å². The molecule has 1 heterocycles. The molecule has 1 aromatic rings. The summed E-state index contributed by atoms with van der Waals surface area (Å²) in [6.07, 6.45) is 1.48. The summed E-state index contributed by atoms with van der Waals surface area (Å²) in [6.45, 7) is 4.51. The highest BCUT2D eigenvalue weighted by atomic mass is 16.5. The average molecular weight is 220 g/mol. The van der Waals surface area contributed by atoms with E-state index >= 15 is 0 Å². The number of hydrogen-bond acceptors (Lipinski definition) is 5. The summed E-state index contributed by atoms with van der Waals surface area (Å²) in [4.78, 5) is 4.07. The molecule has 3 N–H and O–H groups in total. The topological polar surface area (TPSA) is 84.0 Å². The maximum absolute atomic E-state index is 8.66. The molecule has 0 aliphatic heterocycles. The van der Waals surface area contributed by atoms with Gasteiger partial charge < -0.3 is 15.8 Å². The number of pyridine rings is 1. The van der Waals surface area contributed by atoms with Gasteiger partial charge in [-0.3, -0.25) is 0 Å². The number of nitriles is 1. The van der Waals surface area contributed by atoms with E-state index in [0.29, 0.717) is 23.6 Å². The molecule has 86 valence electrons. The van der Waals surface area contributed by atoms with Gasteiger partial charge in [-0.1, -0.05) is 0 Å². The SMILES string of the molecule is COC(C)(C)CNc1ncc(C#N)cc1N. The first kappa shape index (κ1) is 12.3. The molecule has 5 nitrogen and oxygen atoms in total. The van der Waals surface area contributed by atoms with Gasteiger partial charge in [0, 0.05) is 19.9 Å². The zero-order chi connectivity index (χ0) is 12.2. The molecular weight excluding hydrogens is 204 g/mol. The summed E-state index contributed by atoms with van der Waals surface area (Å²) >= 11 is 0. The van der Waals surface area contributed by atoms with Crippen LogP contribution < -0.4 is 11.1 Å². The van der Waals surface area contributed by atoms with Crippen LogP contribution in [0.5, 0.6) is 0 Å². The second kappa shape index (κ2) is 4.81. The van der Waals surface area contributed by atoms with Crippen molar-refractivity contribution in [2.75, 3.05) is 24.7 Å². The molecule has 1 aromatic heterocycles. The largest absolute Gasteiger partial charge is 0.396 e. The summed E-state index contributed by atoms with van der Waals surface area (Å²) in [5.74, 6) is 0.573. The van der Waals surface area contributed by atoms with E-state index in [4.69, 9.17) is 15.7 Å². The highest BCUT2D eigenvalue weighted by molar-refractivity contribution is 5.63. The van der Waals surface area contributed by atoms with Gasteiger partial charge in [0.15, 0.2) is 0 Å². The Hall–Kier alpha value is -1.80. The van der Waals surface area contributed by atoms with E-state index < -0.39 is 0 Å². The Kier molecular flexibility index (Phi) is 3.69. The summed E-state index contributed by atoms with van der Waals surface area (Å²) in [5, 5.41) is 11.7. The van der Waals surface area contributed by atoms with E-state index in [1.165, 1.54) is 6.20 Å². The van der Waals surface area contributed by atoms with Gasteiger partial charge in [-0.25, -0.2) is 4.98 Å². The first-order valence-corrected chi connectivity index (χ1v) is 4.93. The Morgan fingerprint density at radius 2 is 2.31 bits per heavy atom. The molecule has 0 fully saturated rings. The summed E-state index contributed by atoms with van der Waals surface area (Å²) in [6, 6.07) is 3.58. The quantitative estimate of drug-likeness (QED) is 0.800. The maximum atomic E-state index is 8.66. The van der Waals surface area contributed by atoms with Gasteiger partial charge in [-0.05, 0) is 19.9 Å². The lowest BCUT2D eigenvalue weighted by Gasteiger charge is -2.23. The highest BCUT2D eigenvalue weighted by Gasteiger charge is 2.16. The fourth-order valence-corrected chi connectivity index (χ4v) is 1.06. The lowest BCUT2D eigenvalue weighted by Crippen LogP contribution is -2.32. The average Bonchev–Trinajstić information content (AvgIpc) is 2.27. The van der Waals surface area contributed by atoms with Gasteiger partial charge in [0.25, 0.3) is 0 Å². The number of anilines is 2. The van der Waals surface area contributed by atoms with Crippen LogP contribution in [-0.4, -0.2) is 24.2 Å². The summed E-state index contributed by atoms with van der Waals surface area (Å²) in [7, 11) is 1.65. The molecule has 0 spiro atoms. The minimum atomic E-state index is -0.290. The maximum Gasteiger partial charge on any atom is 0.149 e. The van der Waals surface area contributed by atoms with Crippen LogP contribution in [0.1, 0.15) is 19.4 Å². The molecule has 0 amide bonds. The van der Waals surface area contributed by atoms with Crippen molar-refractivity contribution in [3.8, 4) is 6.07 Å². The minimum absolute atomic E-state index is 0.290. The summed E-state index contributed by atoms with van der Waals surface area (Å²) in [5.41, 5.74) is 6.38. The molecule has 5 heteroatoms. The number of nitrogen functional groups attached to an aromatic ring is 1. The van der Waals surface area contributed by atoms with Crippen molar-refractivity contribution >= 4 is 11.5 Å². The van der Waals surface area contributed by atoms with Crippen molar-refractivity contribution < 1.29 is 4.74 Å². The Morgan fingerprint density at radius 3 is 2.81 bits per heavy atom. The molecule has 0 atom stereocenters. The van der Waals surface area contributed by atoms with Crippen molar-refractivity contribution in [2.24, 2.45) is 0 Å². The number of rotatable bonds is 4. The standard InChI is InChI=1S/C11H16N4O/c1-11(2,16-3)7-15-10-9(13)4-8(5-12)6-14-10/h4,6H,7,13H2,1-3H3,(H,14,15). The predicted molar refractivity (Wildman–Crippen MR) is 62.9 cm³/mol. The van der Waals surface area contributed by atoms with Crippen LogP contribution in [0.2, 0.25) is 0 Å². The van der Waals surface area contributed by atoms with E-state index in [9.17, 15) is 0 Å². The Balaban J connectivity index is 2.73. The number of methoxy groups -OCH3 is 1. The number of nitrogens with zero attached hydrogens (tertiary/aromatic N) is 2. The van der Waals surface area contributed by atoms with Gasteiger partial charge in [-0.15, -0.1) is 0 Å². The van der Waals surface area contributed by atoms with E-state index in [-0.39, 0.29) is 5.60 Å². The first-order valence-electron chi connectivity index (χ1n) is 4.93. The minimum Gasteiger partial charge on any atom is -0.396 e. The molecule has 0 aromatic carbocycles. The van der Waals surface area contributed by atoms with Crippen molar-refractivity contribution in [1.82, 2.24) is 4.98 Å². The second-order valence-corrected chi connectivity index (χ2v) is 4.09. The van der Waals surface area contributed by atoms with Crippen LogP contribution >= 0.6 is 0 Å². The number of nitrogens with one attached hydrogen (secondary N) is 1. The van der Waals surface area contributed by atoms with Gasteiger partial charge in [0.05, 0.1) is 16.9 Å². The number of nitrogens with two attached hydrogens (primary N) is 1. The monoisotopic (exact) mass is 220 g/mol. The normalized spacial score (nSPS) is 10.9. The molecule has 0 aliphatic carbocycles. The lowest BCUT2D eigenvalue weighted by atomic mass is 10.1. The Labute approximate surface area is 95.2 Å². The zero-order valence-electron chi connectivity index (χ0n) is 9.74. The third kappa shape index (κ3) is 3.11. The first-order chi connectivity index (χ1) is 7.48. The predicted octanol–water partition coefficient (Wildman–Crippen LogP) is 1.37. The van der Waals surface area contributed by atoms with Crippen molar-refractivity contribution in [3.63, 3.8) is 0 Å². The molecule has 1 rings (SSSR count). The van der Waals surface area contributed by atoms with E-state index in [0.717, 1.165) is 0 Å².